The number of H-pyrrole nitrogens is 1. The van der Waals surface area contributed by atoms with E-state index in [2.05, 4.69) is 20.6 Å². The molecule has 0 spiro atoms. The third kappa shape index (κ3) is 7.19. The number of benzene rings is 1. The van der Waals surface area contributed by atoms with Crippen LogP contribution in [0.1, 0.15) is 43.2 Å². The Balaban J connectivity index is 1.21. The number of carbonyl (C=O) groups is 1. The predicted molar refractivity (Wildman–Crippen MR) is 145 cm³/mol. The summed E-state index contributed by atoms with van der Waals surface area (Å²) in [6.07, 6.45) is 1.25. The second kappa shape index (κ2) is 12.0. The zero-order valence-electron chi connectivity index (χ0n) is 23.0. The van der Waals surface area contributed by atoms with Crippen LogP contribution < -0.4 is 20.9 Å². The van der Waals surface area contributed by atoms with Crippen molar-refractivity contribution in [3.8, 4) is 11.5 Å². The number of aromatic nitrogens is 2. The molecule has 14 heteroatoms. The van der Waals surface area contributed by atoms with Crippen LogP contribution in [-0.2, 0) is 11.3 Å². The van der Waals surface area contributed by atoms with E-state index in [-0.39, 0.29) is 60.9 Å². The van der Waals surface area contributed by atoms with Crippen LogP contribution in [0.25, 0.3) is 0 Å². The summed E-state index contributed by atoms with van der Waals surface area (Å²) in [6.45, 7) is 1.29. The first-order valence-electron chi connectivity index (χ1n) is 13.6. The van der Waals surface area contributed by atoms with Gasteiger partial charge in [0.15, 0.2) is 11.6 Å². The maximum atomic E-state index is 15.1. The molecule has 43 heavy (non-hydrogen) atoms. The highest BCUT2D eigenvalue weighted by Crippen LogP contribution is 2.41. The second-order valence-electron chi connectivity index (χ2n) is 10.9. The zero-order valence-corrected chi connectivity index (χ0v) is 23.0. The zero-order chi connectivity index (χ0) is 30.9. The SMILES string of the molecule is CC(C(=O)Nc1ccc(Oc2ccc(F)cc2F)cn1)N1CCC(F)(F)[C@@H](c2c[nH]c(=O)c(CNC3CC(F)(F)C3)c2)C1. The molecule has 3 heterocycles. The Morgan fingerprint density at radius 1 is 1.16 bits per heavy atom. The van der Waals surface area contributed by atoms with E-state index >= 15 is 8.78 Å². The van der Waals surface area contributed by atoms with Gasteiger partial charge in [0, 0.05) is 62.8 Å². The third-order valence-corrected chi connectivity index (χ3v) is 7.77. The lowest BCUT2D eigenvalue weighted by atomic mass is 9.86. The minimum atomic E-state index is -3.12. The molecule has 0 bridgehead atoms. The molecule has 3 aromatic rings. The van der Waals surface area contributed by atoms with E-state index in [1.54, 1.807) is 11.8 Å². The van der Waals surface area contributed by atoms with E-state index in [0.29, 0.717) is 6.07 Å². The average Bonchev–Trinajstić information content (AvgIpc) is 2.93. The fourth-order valence-corrected chi connectivity index (χ4v) is 5.17. The van der Waals surface area contributed by atoms with Crippen molar-refractivity contribution in [2.75, 3.05) is 18.4 Å². The molecule has 1 saturated heterocycles. The Hall–Kier alpha value is -3.91. The van der Waals surface area contributed by atoms with Crippen molar-refractivity contribution in [3.63, 3.8) is 0 Å². The van der Waals surface area contributed by atoms with Gasteiger partial charge in [-0.25, -0.2) is 31.3 Å². The highest BCUT2D eigenvalue weighted by atomic mass is 19.3. The molecule has 2 aliphatic rings. The van der Waals surface area contributed by atoms with Gasteiger partial charge in [0.2, 0.25) is 5.91 Å². The van der Waals surface area contributed by atoms with E-state index < -0.39 is 59.4 Å². The summed E-state index contributed by atoms with van der Waals surface area (Å²) in [6, 6.07) is 5.75. The van der Waals surface area contributed by atoms with Crippen molar-refractivity contribution in [1.82, 2.24) is 20.2 Å². The molecule has 8 nitrogen and oxygen atoms in total. The van der Waals surface area contributed by atoms with Crippen molar-refractivity contribution in [3.05, 3.63) is 81.9 Å². The van der Waals surface area contributed by atoms with Crippen molar-refractivity contribution in [2.45, 2.75) is 62.6 Å². The summed E-state index contributed by atoms with van der Waals surface area (Å²) in [5.74, 6) is -9.26. The van der Waals surface area contributed by atoms with Gasteiger partial charge < -0.3 is 20.4 Å². The van der Waals surface area contributed by atoms with Gasteiger partial charge in [-0.2, -0.15) is 0 Å². The summed E-state index contributed by atoms with van der Waals surface area (Å²) in [4.78, 5) is 33.4. The molecular formula is C29H29F6N5O3. The number of halogens is 6. The van der Waals surface area contributed by atoms with Crippen LogP contribution in [0.4, 0.5) is 32.2 Å². The molecule has 2 atom stereocenters. The van der Waals surface area contributed by atoms with Crippen LogP contribution in [0, 0.1) is 11.6 Å². The number of hydrogen-bond donors (Lipinski definition) is 3. The van der Waals surface area contributed by atoms with Gasteiger partial charge in [-0.3, -0.25) is 14.5 Å². The summed E-state index contributed by atoms with van der Waals surface area (Å²) in [5.41, 5.74) is -0.169. The Morgan fingerprint density at radius 3 is 2.60 bits per heavy atom. The van der Waals surface area contributed by atoms with Crippen molar-refractivity contribution < 1.29 is 35.9 Å². The summed E-state index contributed by atoms with van der Waals surface area (Å²) in [7, 11) is 0. The van der Waals surface area contributed by atoms with Crippen LogP contribution in [0.3, 0.4) is 0 Å². The standard InChI is InChI=1S/C29H29F6N5O3/c1-16(26(41)39-25-5-3-21(14-37-25)43-24-4-2-19(30)9-23(24)31)40-7-6-29(34,35)22(15-40)17-8-18(27(42)38-12-17)13-36-20-10-28(32,33)11-20/h2-5,8-9,12,14,16,20,22,36H,6-7,10-11,13,15H2,1H3,(H,38,42)(H,37,39,41)/t16?,22-/m1/s1. The molecule has 5 rings (SSSR count). The number of carbonyl (C=O) groups excluding carboxylic acids is 1. The first-order valence-corrected chi connectivity index (χ1v) is 13.6. The van der Waals surface area contributed by atoms with Crippen LogP contribution in [0.2, 0.25) is 0 Å². The monoisotopic (exact) mass is 609 g/mol. The minimum Gasteiger partial charge on any atom is -0.453 e. The fraction of sp³-hybridized carbons (Fsp3) is 0.414. The molecular weight excluding hydrogens is 580 g/mol. The molecule has 230 valence electrons. The third-order valence-electron chi connectivity index (χ3n) is 7.77. The highest BCUT2D eigenvalue weighted by Gasteiger charge is 2.47. The number of hydrogen-bond acceptors (Lipinski definition) is 6. The van der Waals surface area contributed by atoms with E-state index in [9.17, 15) is 27.2 Å². The van der Waals surface area contributed by atoms with Gasteiger partial charge >= 0.3 is 0 Å². The fourth-order valence-electron chi connectivity index (χ4n) is 5.17. The first kappa shape index (κ1) is 30.5. The lowest BCUT2D eigenvalue weighted by Gasteiger charge is -2.40. The van der Waals surface area contributed by atoms with Gasteiger partial charge in [-0.05, 0) is 42.8 Å². The lowest BCUT2D eigenvalue weighted by molar-refractivity contribution is -0.125. The first-order chi connectivity index (χ1) is 20.3. The van der Waals surface area contributed by atoms with Gasteiger partial charge in [0.25, 0.3) is 17.4 Å². The van der Waals surface area contributed by atoms with Gasteiger partial charge in [0.1, 0.15) is 17.4 Å². The number of nitrogens with one attached hydrogen (secondary N) is 3. The number of ether oxygens (including phenoxy) is 1. The Labute approximate surface area is 242 Å². The van der Waals surface area contributed by atoms with E-state index in [1.165, 1.54) is 30.6 Å². The van der Waals surface area contributed by atoms with Crippen LogP contribution in [-0.4, -0.2) is 57.8 Å². The molecule has 0 radical (unpaired) electrons. The number of amides is 1. The maximum Gasteiger partial charge on any atom is 0.257 e. The number of nitrogens with zero attached hydrogens (tertiary/aromatic N) is 2. The van der Waals surface area contributed by atoms with E-state index in [4.69, 9.17) is 4.74 Å². The maximum absolute atomic E-state index is 15.1. The summed E-state index contributed by atoms with van der Waals surface area (Å²) < 4.78 is 88.7. The van der Waals surface area contributed by atoms with Gasteiger partial charge in [-0.1, -0.05) is 0 Å². The average molecular weight is 610 g/mol. The lowest BCUT2D eigenvalue weighted by Crippen LogP contribution is -2.52. The van der Waals surface area contributed by atoms with Gasteiger partial charge in [0.05, 0.1) is 18.2 Å². The number of aromatic amines is 1. The second-order valence-corrected chi connectivity index (χ2v) is 10.9. The van der Waals surface area contributed by atoms with Gasteiger partial charge in [-0.15, -0.1) is 0 Å². The Morgan fingerprint density at radius 2 is 1.93 bits per heavy atom. The molecule has 1 aliphatic carbocycles. The molecule has 1 saturated carbocycles. The smallest absolute Gasteiger partial charge is 0.257 e. The number of alkyl halides is 4. The number of rotatable bonds is 9. The summed E-state index contributed by atoms with van der Waals surface area (Å²) >= 11 is 0. The summed E-state index contributed by atoms with van der Waals surface area (Å²) in [5, 5.41) is 5.49. The molecule has 3 N–H and O–H groups in total. The largest absolute Gasteiger partial charge is 0.453 e. The molecule has 2 fully saturated rings. The van der Waals surface area contributed by atoms with E-state index in [1.807, 2.05) is 0 Å². The minimum absolute atomic E-state index is 0.0413. The molecule has 1 aliphatic heterocycles. The van der Waals surface area contributed by atoms with Crippen LogP contribution >= 0.6 is 0 Å². The Bertz CT molecular complexity index is 1530. The molecule has 1 aromatic carbocycles. The molecule has 1 amide bonds. The van der Waals surface area contributed by atoms with E-state index in [0.717, 1.165) is 12.1 Å². The number of piperidine rings is 1. The molecule has 1 unspecified atom stereocenters. The topological polar surface area (TPSA) is 99.3 Å². The van der Waals surface area contributed by atoms with Crippen molar-refractivity contribution >= 4 is 11.7 Å². The normalized spacial score (nSPS) is 20.7. The quantitative estimate of drug-likeness (QED) is 0.290. The number of likely N-dealkylation sites (tertiary alicyclic amines) is 1. The highest BCUT2D eigenvalue weighted by molar-refractivity contribution is 5.93. The number of pyridine rings is 2. The predicted octanol–water partition coefficient (Wildman–Crippen LogP) is 5.18. The van der Waals surface area contributed by atoms with Crippen molar-refractivity contribution in [1.29, 1.82) is 0 Å². The van der Waals surface area contributed by atoms with Crippen molar-refractivity contribution in [2.24, 2.45) is 0 Å². The molecule has 2 aromatic heterocycles. The van der Waals surface area contributed by atoms with Crippen LogP contribution in [0.15, 0.2) is 53.6 Å². The number of anilines is 1. The Kier molecular flexibility index (Phi) is 8.52. The van der Waals surface area contributed by atoms with Crippen LogP contribution in [0.5, 0.6) is 11.5 Å².